The number of nitrogens with one attached hydrogen (secondary N) is 1. The van der Waals surface area contributed by atoms with Crippen LogP contribution >= 0.6 is 0 Å². The van der Waals surface area contributed by atoms with E-state index in [0.29, 0.717) is 22.6 Å². The molecule has 46 heavy (non-hydrogen) atoms. The highest BCUT2D eigenvalue weighted by atomic mass is 19.4. The number of nitrogens with zero attached hydrogens (tertiary/aromatic N) is 2. The molecule has 4 rings (SSSR count). The van der Waals surface area contributed by atoms with Crippen LogP contribution in [0.1, 0.15) is 61.7 Å². The van der Waals surface area contributed by atoms with Gasteiger partial charge in [-0.15, -0.1) is 0 Å². The summed E-state index contributed by atoms with van der Waals surface area (Å²) in [5, 5.41) is 8.71. The number of carbonyl (C=O) groups excluding carboxylic acids is 2. The Kier molecular flexibility index (Phi) is 10.1. The number of Topliss-reactive ketones (excluding diaryl/α,β-unsaturated/α-hetero) is 1. The van der Waals surface area contributed by atoms with Crippen molar-refractivity contribution in [1.82, 2.24) is 4.90 Å². The van der Waals surface area contributed by atoms with Gasteiger partial charge in [-0.2, -0.15) is 13.2 Å². The van der Waals surface area contributed by atoms with Crippen molar-refractivity contribution in [2.45, 2.75) is 65.0 Å². The minimum absolute atomic E-state index is 0.0348. The first-order valence-electron chi connectivity index (χ1n) is 14.8. The van der Waals surface area contributed by atoms with Crippen LogP contribution in [0, 0.1) is 11.2 Å². The molecule has 1 saturated heterocycles. The highest BCUT2D eigenvalue weighted by Crippen LogP contribution is 2.43. The van der Waals surface area contributed by atoms with Crippen LogP contribution in [0.25, 0.3) is 0 Å². The molecule has 0 bridgehead atoms. The lowest BCUT2D eigenvalue weighted by molar-refractivity contribution is -0.207. The van der Waals surface area contributed by atoms with E-state index in [2.05, 4.69) is 0 Å². The summed E-state index contributed by atoms with van der Waals surface area (Å²) in [4.78, 5) is 28.6. The van der Waals surface area contributed by atoms with Crippen molar-refractivity contribution in [3.05, 3.63) is 46.3 Å². The highest BCUT2D eigenvalue weighted by molar-refractivity contribution is 6.06. The highest BCUT2D eigenvalue weighted by Gasteiger charge is 2.46. The molecule has 10 nitrogen and oxygen atoms in total. The van der Waals surface area contributed by atoms with Crippen molar-refractivity contribution in [3.8, 4) is 17.2 Å². The second kappa shape index (κ2) is 13.3. The molecule has 2 aromatic rings. The minimum Gasteiger partial charge on any atom is -0.494 e. The third-order valence-electron chi connectivity index (χ3n) is 7.86. The van der Waals surface area contributed by atoms with Gasteiger partial charge in [-0.05, 0) is 43.0 Å². The summed E-state index contributed by atoms with van der Waals surface area (Å²) in [6.07, 6.45) is -7.28. The third-order valence-corrected chi connectivity index (χ3v) is 7.86. The fraction of sp³-hybridized carbons (Fsp3) is 0.531. The number of methoxy groups -OCH3 is 2. The first-order valence-corrected chi connectivity index (χ1v) is 14.8. The van der Waals surface area contributed by atoms with Gasteiger partial charge in [0.05, 0.1) is 44.7 Å². The molecule has 1 fully saturated rings. The molecule has 2 aliphatic rings. The molecular formula is C32H39F4N3O7. The van der Waals surface area contributed by atoms with Crippen LogP contribution in [-0.2, 0) is 26.2 Å². The van der Waals surface area contributed by atoms with Gasteiger partial charge in [-0.3, -0.25) is 10.2 Å². The van der Waals surface area contributed by atoms with Crippen molar-refractivity contribution in [2.75, 3.05) is 52.0 Å². The molecule has 14 heteroatoms. The molecule has 2 heterocycles. The fourth-order valence-electron chi connectivity index (χ4n) is 5.69. The standard InChI is InChI=1S/C32H39F4N3O7/c1-8-44-22-12-18-13-39(29(37)25(18)26(33)28(22)45-9-2)14-21(40)17-10-19(31(3,4)5)27(43-7)20(11-17)38-15-23(42-6)24(16-38)46-30(41)32(34,35)36/h10-12,23-24,37H,8-9,13-16H2,1-7H3/t23-,24-/m0/s1. The Morgan fingerprint density at radius 2 is 1.63 bits per heavy atom. The van der Waals surface area contributed by atoms with Crippen molar-refractivity contribution in [2.24, 2.45) is 0 Å². The molecule has 0 radical (unpaired) electrons. The summed E-state index contributed by atoms with van der Waals surface area (Å²) in [5.74, 6) is -3.08. The minimum atomic E-state index is -5.17. The maximum atomic E-state index is 15.6. The number of alkyl halides is 3. The number of ketones is 1. The summed E-state index contributed by atoms with van der Waals surface area (Å²) in [7, 11) is 2.76. The summed E-state index contributed by atoms with van der Waals surface area (Å²) in [5.41, 5.74) is 1.28. The van der Waals surface area contributed by atoms with Crippen LogP contribution in [-0.4, -0.2) is 87.9 Å². The van der Waals surface area contributed by atoms with Gasteiger partial charge in [0.1, 0.15) is 23.8 Å². The van der Waals surface area contributed by atoms with Gasteiger partial charge in [0.2, 0.25) is 0 Å². The second-order valence-electron chi connectivity index (χ2n) is 12.0. The molecule has 2 aromatic carbocycles. The third kappa shape index (κ3) is 6.86. The number of carbonyl (C=O) groups is 2. The first kappa shape index (κ1) is 34.8. The molecular weight excluding hydrogens is 614 g/mol. The number of ether oxygens (including phenoxy) is 5. The van der Waals surface area contributed by atoms with E-state index in [9.17, 15) is 22.8 Å². The summed E-state index contributed by atoms with van der Waals surface area (Å²) >= 11 is 0. The van der Waals surface area contributed by atoms with E-state index < -0.39 is 35.6 Å². The van der Waals surface area contributed by atoms with Crippen LogP contribution in [0.2, 0.25) is 0 Å². The zero-order valence-corrected chi connectivity index (χ0v) is 26.9. The topological polar surface area (TPSA) is 111 Å². The SMILES string of the molecule is CCOc1cc2c(c(F)c1OCC)C(=N)N(CC(=O)c1cc(N3C[C@H](OC)[C@@H](OC(=O)C(F)(F)F)C3)c(OC)c(C(C)(C)C)c1)C2. The second-order valence-corrected chi connectivity index (χ2v) is 12.0. The van der Waals surface area contributed by atoms with Crippen molar-refractivity contribution >= 4 is 23.3 Å². The van der Waals surface area contributed by atoms with Gasteiger partial charge in [-0.25, -0.2) is 9.18 Å². The molecule has 0 aromatic heterocycles. The normalized spacial score (nSPS) is 18.1. The average Bonchev–Trinajstić information content (AvgIpc) is 3.53. The summed E-state index contributed by atoms with van der Waals surface area (Å²) in [6, 6.07) is 4.87. The number of fused-ring (bicyclic) bond motifs is 1. The zero-order valence-electron chi connectivity index (χ0n) is 26.9. The molecule has 2 aliphatic heterocycles. The predicted molar refractivity (Wildman–Crippen MR) is 161 cm³/mol. The number of anilines is 1. The van der Waals surface area contributed by atoms with E-state index in [-0.39, 0.29) is 73.6 Å². The Hall–Kier alpha value is -4.07. The molecule has 252 valence electrons. The lowest BCUT2D eigenvalue weighted by Gasteiger charge is -2.29. The number of amidine groups is 1. The number of rotatable bonds is 11. The maximum absolute atomic E-state index is 15.6. The Bertz CT molecular complexity index is 1510. The van der Waals surface area contributed by atoms with Crippen LogP contribution in [0.5, 0.6) is 17.2 Å². The zero-order chi connectivity index (χ0) is 34.1. The number of halogens is 4. The van der Waals surface area contributed by atoms with Gasteiger partial charge in [-0.1, -0.05) is 20.8 Å². The fourth-order valence-corrected chi connectivity index (χ4v) is 5.69. The molecule has 0 spiro atoms. The Morgan fingerprint density at radius 1 is 0.978 bits per heavy atom. The van der Waals surface area contributed by atoms with Gasteiger partial charge in [0.25, 0.3) is 0 Å². The Balaban J connectivity index is 1.67. The van der Waals surface area contributed by atoms with E-state index in [1.807, 2.05) is 20.8 Å². The molecule has 0 saturated carbocycles. The van der Waals surface area contributed by atoms with Crippen molar-refractivity contribution < 1.29 is 50.8 Å². The van der Waals surface area contributed by atoms with Crippen LogP contribution < -0.4 is 19.1 Å². The number of hydrogen-bond acceptors (Lipinski definition) is 9. The maximum Gasteiger partial charge on any atom is 0.490 e. The van der Waals surface area contributed by atoms with Crippen LogP contribution in [0.15, 0.2) is 18.2 Å². The summed E-state index contributed by atoms with van der Waals surface area (Å²) < 4.78 is 81.4. The number of esters is 1. The van der Waals surface area contributed by atoms with Gasteiger partial charge < -0.3 is 33.5 Å². The van der Waals surface area contributed by atoms with E-state index in [1.165, 1.54) is 19.1 Å². The average molecular weight is 654 g/mol. The Labute approximate surface area is 265 Å². The summed E-state index contributed by atoms with van der Waals surface area (Å²) in [6.45, 7) is 9.43. The van der Waals surface area contributed by atoms with Crippen molar-refractivity contribution in [3.63, 3.8) is 0 Å². The number of benzene rings is 2. The largest absolute Gasteiger partial charge is 0.494 e. The van der Waals surface area contributed by atoms with Crippen LogP contribution in [0.4, 0.5) is 23.2 Å². The van der Waals surface area contributed by atoms with Gasteiger partial charge in [0.15, 0.2) is 23.1 Å². The van der Waals surface area contributed by atoms with E-state index >= 15 is 4.39 Å². The van der Waals surface area contributed by atoms with Gasteiger partial charge in [0, 0.05) is 31.3 Å². The van der Waals surface area contributed by atoms with E-state index in [1.54, 1.807) is 36.9 Å². The monoisotopic (exact) mass is 653 g/mol. The predicted octanol–water partition coefficient (Wildman–Crippen LogP) is 5.26. The molecule has 0 unspecified atom stereocenters. The van der Waals surface area contributed by atoms with Gasteiger partial charge >= 0.3 is 12.1 Å². The first-order chi connectivity index (χ1) is 21.5. The van der Waals surface area contributed by atoms with E-state index in [4.69, 9.17) is 29.1 Å². The number of hydrogen-bond donors (Lipinski definition) is 1. The molecule has 2 atom stereocenters. The van der Waals surface area contributed by atoms with E-state index in [0.717, 1.165) is 0 Å². The van der Waals surface area contributed by atoms with Crippen LogP contribution in [0.3, 0.4) is 0 Å². The smallest absolute Gasteiger partial charge is 0.490 e. The Morgan fingerprint density at radius 3 is 2.20 bits per heavy atom. The quantitative estimate of drug-likeness (QED) is 0.197. The molecule has 0 amide bonds. The molecule has 0 aliphatic carbocycles. The molecule has 1 N–H and O–H groups in total. The lowest BCUT2D eigenvalue weighted by Crippen LogP contribution is -2.36. The van der Waals surface area contributed by atoms with Crippen molar-refractivity contribution in [1.29, 1.82) is 5.41 Å². The lowest BCUT2D eigenvalue weighted by atomic mass is 9.84.